The third-order valence-corrected chi connectivity index (χ3v) is 6.36. The first kappa shape index (κ1) is 22.5. The van der Waals surface area contributed by atoms with Gasteiger partial charge in [0, 0.05) is 11.1 Å². The number of nitriles is 1. The van der Waals surface area contributed by atoms with E-state index in [1.807, 2.05) is 6.07 Å². The molecule has 0 radical (unpaired) electrons. The lowest BCUT2D eigenvalue weighted by Gasteiger charge is -2.45. The maximum atomic E-state index is 12.9. The summed E-state index contributed by atoms with van der Waals surface area (Å²) in [5.41, 5.74) is 1.66. The molecule has 1 aromatic carbocycles. The number of carbonyl (C=O) groups excluding carboxylic acids is 1. The molecule has 3 rings (SSSR count). The second-order valence-electron chi connectivity index (χ2n) is 8.28. The quantitative estimate of drug-likeness (QED) is 0.319. The first-order chi connectivity index (χ1) is 14.9. The summed E-state index contributed by atoms with van der Waals surface area (Å²) in [6, 6.07) is 12.4. The van der Waals surface area contributed by atoms with Crippen molar-refractivity contribution in [3.8, 4) is 18.4 Å². The molecule has 0 atom stereocenters. The predicted octanol–water partition coefficient (Wildman–Crippen LogP) is 3.79. The van der Waals surface area contributed by atoms with E-state index >= 15 is 0 Å². The molecular formula is C25H30N4O2. The Morgan fingerprint density at radius 1 is 1.32 bits per heavy atom. The number of terminal acetylenes is 1. The number of benzene rings is 1. The van der Waals surface area contributed by atoms with E-state index in [0.717, 1.165) is 32.2 Å². The van der Waals surface area contributed by atoms with Crippen LogP contribution in [-0.4, -0.2) is 36.7 Å². The summed E-state index contributed by atoms with van der Waals surface area (Å²) in [6.45, 7) is 5.16. The van der Waals surface area contributed by atoms with E-state index < -0.39 is 0 Å². The van der Waals surface area contributed by atoms with Crippen molar-refractivity contribution in [2.45, 2.75) is 50.6 Å². The largest absolute Gasteiger partial charge is 0.494 e. The van der Waals surface area contributed by atoms with Crippen molar-refractivity contribution in [2.24, 2.45) is 0 Å². The third-order valence-electron chi connectivity index (χ3n) is 6.36. The molecule has 1 aromatic rings. The molecule has 1 aliphatic heterocycles. The van der Waals surface area contributed by atoms with Gasteiger partial charge in [-0.15, -0.1) is 6.42 Å². The van der Waals surface area contributed by atoms with Crippen molar-refractivity contribution in [1.29, 1.82) is 5.26 Å². The molecule has 1 heterocycles. The van der Waals surface area contributed by atoms with Crippen LogP contribution in [0.2, 0.25) is 0 Å². The highest BCUT2D eigenvalue weighted by Gasteiger charge is 2.49. The van der Waals surface area contributed by atoms with Crippen LogP contribution in [0.15, 0.2) is 53.4 Å². The Morgan fingerprint density at radius 2 is 2.00 bits per heavy atom. The van der Waals surface area contributed by atoms with Crippen LogP contribution in [0.4, 0.5) is 4.79 Å². The Hall–Kier alpha value is -3.22. The summed E-state index contributed by atoms with van der Waals surface area (Å²) in [6.07, 6.45) is 10.8. The molecule has 1 saturated heterocycles. The number of rotatable bonds is 6. The fraction of sp³-hybridized carbons (Fsp3) is 0.440. The summed E-state index contributed by atoms with van der Waals surface area (Å²) in [7, 11) is 1.49. The van der Waals surface area contributed by atoms with Crippen molar-refractivity contribution >= 4 is 6.03 Å². The lowest BCUT2D eigenvalue weighted by molar-refractivity contribution is 0.155. The number of hydrogen-bond acceptors (Lipinski definition) is 4. The molecule has 6 nitrogen and oxygen atoms in total. The molecule has 1 spiro atoms. The van der Waals surface area contributed by atoms with Gasteiger partial charge in [0.1, 0.15) is 5.70 Å². The molecule has 6 heteroatoms. The van der Waals surface area contributed by atoms with Gasteiger partial charge in [0.15, 0.2) is 5.76 Å². The maximum absolute atomic E-state index is 12.9. The number of nitrogens with zero attached hydrogens (tertiary/aromatic N) is 2. The highest BCUT2D eigenvalue weighted by Crippen LogP contribution is 2.43. The van der Waals surface area contributed by atoms with E-state index in [-0.39, 0.29) is 17.1 Å². The van der Waals surface area contributed by atoms with Crippen LogP contribution in [0.1, 0.15) is 45.1 Å². The van der Waals surface area contributed by atoms with Gasteiger partial charge >= 0.3 is 6.03 Å². The topological polar surface area (TPSA) is 77.4 Å². The lowest BCUT2D eigenvalue weighted by Crippen LogP contribution is -2.54. The zero-order valence-corrected chi connectivity index (χ0v) is 18.5. The number of methoxy groups -OCH3 is 1. The second-order valence-corrected chi connectivity index (χ2v) is 8.28. The summed E-state index contributed by atoms with van der Waals surface area (Å²) in [5, 5.41) is 16.0. The number of nitrogens with one attached hydrogen (secondary N) is 2. The van der Waals surface area contributed by atoms with E-state index in [4.69, 9.17) is 16.4 Å². The zero-order chi connectivity index (χ0) is 22.5. The van der Waals surface area contributed by atoms with Crippen molar-refractivity contribution in [3.63, 3.8) is 0 Å². The fourth-order valence-electron chi connectivity index (χ4n) is 4.73. The van der Waals surface area contributed by atoms with Crippen LogP contribution in [0.3, 0.4) is 0 Å². The second kappa shape index (κ2) is 9.29. The van der Waals surface area contributed by atoms with Gasteiger partial charge in [0.2, 0.25) is 0 Å². The molecule has 2 N–H and O–H groups in total. The standard InChI is InChI=1S/C25H30N4O2/c1-5-21(22(31-4)16-19(3)17-26)29-18-24(28-23(29)30)12-14-25(15-13-24,27-6-2)20-10-8-7-9-11-20/h1,7-11,16,27H,6,12-15,18H2,2-4H3,(H,28,30)/b19-16+,22-21-. The molecule has 0 unspecified atom stereocenters. The maximum Gasteiger partial charge on any atom is 0.323 e. The first-order valence-electron chi connectivity index (χ1n) is 10.7. The minimum atomic E-state index is -0.334. The average Bonchev–Trinajstić information content (AvgIpc) is 3.11. The highest BCUT2D eigenvalue weighted by atomic mass is 16.5. The highest BCUT2D eigenvalue weighted by molar-refractivity contribution is 5.81. The van der Waals surface area contributed by atoms with E-state index in [9.17, 15) is 4.79 Å². The van der Waals surface area contributed by atoms with Gasteiger partial charge in [-0.3, -0.25) is 4.90 Å². The van der Waals surface area contributed by atoms with E-state index in [1.54, 1.807) is 17.9 Å². The Balaban J connectivity index is 1.85. The van der Waals surface area contributed by atoms with E-state index in [0.29, 0.717) is 23.6 Å². The average molecular weight is 419 g/mol. The van der Waals surface area contributed by atoms with Crippen LogP contribution in [-0.2, 0) is 10.3 Å². The molecule has 2 aliphatic rings. The van der Waals surface area contributed by atoms with Gasteiger partial charge in [0.05, 0.1) is 25.3 Å². The number of ether oxygens (including phenoxy) is 1. The van der Waals surface area contributed by atoms with Crippen molar-refractivity contribution in [3.05, 3.63) is 59.0 Å². The van der Waals surface area contributed by atoms with E-state index in [1.165, 1.54) is 12.7 Å². The molecule has 1 saturated carbocycles. The minimum Gasteiger partial charge on any atom is -0.494 e. The number of urea groups is 1. The number of allylic oxidation sites excluding steroid dienone is 3. The summed E-state index contributed by atoms with van der Waals surface area (Å²) >= 11 is 0. The van der Waals surface area contributed by atoms with Gasteiger partial charge in [-0.05, 0) is 56.7 Å². The Kier molecular flexibility index (Phi) is 6.73. The molecular weight excluding hydrogens is 388 g/mol. The number of carbonyl (C=O) groups is 1. The predicted molar refractivity (Wildman–Crippen MR) is 120 cm³/mol. The van der Waals surface area contributed by atoms with Gasteiger partial charge in [-0.2, -0.15) is 5.26 Å². The van der Waals surface area contributed by atoms with Crippen molar-refractivity contribution in [2.75, 3.05) is 20.2 Å². The molecule has 2 amide bonds. The first-order valence-corrected chi connectivity index (χ1v) is 10.7. The van der Waals surface area contributed by atoms with E-state index in [2.05, 4.69) is 53.8 Å². The molecule has 2 fully saturated rings. The van der Waals surface area contributed by atoms with Crippen LogP contribution in [0, 0.1) is 23.7 Å². The molecule has 162 valence electrons. The number of amides is 2. The van der Waals surface area contributed by atoms with Gasteiger partial charge < -0.3 is 15.4 Å². The molecule has 0 bridgehead atoms. The Bertz CT molecular complexity index is 957. The van der Waals surface area contributed by atoms with Gasteiger partial charge in [0.25, 0.3) is 0 Å². The van der Waals surface area contributed by atoms with Crippen molar-refractivity contribution in [1.82, 2.24) is 15.5 Å². The molecule has 1 aliphatic carbocycles. The van der Waals surface area contributed by atoms with Crippen molar-refractivity contribution < 1.29 is 9.53 Å². The van der Waals surface area contributed by atoms with Crippen LogP contribution >= 0.6 is 0 Å². The fourth-order valence-corrected chi connectivity index (χ4v) is 4.73. The SMILES string of the molecule is C#C/C(=C(\C=C(/C)C#N)OC)N1CC2(CCC(NCC)(c3ccccc3)CC2)NC1=O. The van der Waals surface area contributed by atoms with Crippen LogP contribution < -0.4 is 10.6 Å². The summed E-state index contributed by atoms with van der Waals surface area (Å²) in [4.78, 5) is 14.5. The van der Waals surface area contributed by atoms with Gasteiger partial charge in [-0.25, -0.2) is 4.79 Å². The molecule has 31 heavy (non-hydrogen) atoms. The summed E-state index contributed by atoms with van der Waals surface area (Å²) < 4.78 is 5.41. The Morgan fingerprint density at radius 3 is 2.55 bits per heavy atom. The zero-order valence-electron chi connectivity index (χ0n) is 18.5. The normalized spacial score (nSPS) is 26.7. The number of hydrogen-bond donors (Lipinski definition) is 2. The minimum absolute atomic E-state index is 0.0888. The lowest BCUT2D eigenvalue weighted by atomic mass is 9.69. The van der Waals surface area contributed by atoms with Gasteiger partial charge in [-0.1, -0.05) is 37.3 Å². The summed E-state index contributed by atoms with van der Waals surface area (Å²) in [5.74, 6) is 2.94. The Labute approximate surface area is 185 Å². The molecule has 0 aromatic heterocycles. The smallest absolute Gasteiger partial charge is 0.323 e. The van der Waals surface area contributed by atoms with Crippen LogP contribution in [0.5, 0.6) is 0 Å². The monoisotopic (exact) mass is 418 g/mol. The third kappa shape index (κ3) is 4.45. The van der Waals surface area contributed by atoms with Crippen LogP contribution in [0.25, 0.3) is 0 Å².